The van der Waals surface area contributed by atoms with Gasteiger partial charge in [-0.3, -0.25) is 9.59 Å². The average molecular weight is 382 g/mol. The normalized spacial score (nSPS) is 14.5. The summed E-state index contributed by atoms with van der Waals surface area (Å²) in [5.74, 6) is 0.348. The minimum atomic E-state index is -0.140. The quantitative estimate of drug-likeness (QED) is 0.471. The summed E-state index contributed by atoms with van der Waals surface area (Å²) in [4.78, 5) is 26.7. The Balaban J connectivity index is 1.52. The lowest BCUT2D eigenvalue weighted by molar-refractivity contribution is -0.118. The number of nitrogens with zero attached hydrogens (tertiary/aromatic N) is 2. The number of thioether (sulfide) groups is 1. The Morgan fingerprint density at radius 1 is 1.15 bits per heavy atom. The molecule has 0 bridgehead atoms. The monoisotopic (exact) mass is 381 g/mol. The van der Waals surface area contributed by atoms with E-state index in [1.807, 2.05) is 62.4 Å². The van der Waals surface area contributed by atoms with E-state index in [2.05, 4.69) is 10.5 Å². The second kappa shape index (κ2) is 8.86. The zero-order valence-electron chi connectivity index (χ0n) is 15.6. The third-order valence-corrected chi connectivity index (χ3v) is 5.42. The number of carbonyl (C=O) groups excluding carboxylic acids is 2. The fourth-order valence-electron chi connectivity index (χ4n) is 2.83. The molecule has 3 rings (SSSR count). The molecule has 27 heavy (non-hydrogen) atoms. The van der Waals surface area contributed by atoms with Crippen LogP contribution in [0.5, 0.6) is 0 Å². The highest BCUT2D eigenvalue weighted by Gasteiger charge is 2.21. The second-order valence-corrected chi connectivity index (χ2v) is 7.58. The maximum absolute atomic E-state index is 12.0. The van der Waals surface area contributed by atoms with Crippen molar-refractivity contribution in [2.75, 3.05) is 17.2 Å². The molecule has 5 nitrogen and oxygen atoms in total. The van der Waals surface area contributed by atoms with Crippen LogP contribution in [-0.4, -0.2) is 29.8 Å². The van der Waals surface area contributed by atoms with E-state index in [0.29, 0.717) is 12.2 Å². The first-order valence-electron chi connectivity index (χ1n) is 8.96. The summed E-state index contributed by atoms with van der Waals surface area (Å²) >= 11 is 1.48. The van der Waals surface area contributed by atoms with Crippen molar-refractivity contribution in [2.45, 2.75) is 31.6 Å². The Bertz CT molecular complexity index is 845. The number of anilines is 1. The van der Waals surface area contributed by atoms with Crippen LogP contribution >= 0.6 is 11.8 Å². The lowest BCUT2D eigenvalue weighted by Gasteiger charge is -2.15. The first-order valence-corrected chi connectivity index (χ1v) is 9.95. The first-order chi connectivity index (χ1) is 13.0. The Hall–Kier alpha value is -2.60. The molecular weight excluding hydrogens is 358 g/mol. The lowest BCUT2D eigenvalue weighted by Crippen LogP contribution is -2.23. The van der Waals surface area contributed by atoms with E-state index in [4.69, 9.17) is 0 Å². The van der Waals surface area contributed by atoms with Gasteiger partial charge in [0.05, 0.1) is 11.5 Å². The fraction of sp³-hybridized carbons (Fsp3) is 0.286. The molecule has 140 valence electrons. The summed E-state index contributed by atoms with van der Waals surface area (Å²) in [6.45, 7) is 4.66. The summed E-state index contributed by atoms with van der Waals surface area (Å²) in [5.41, 5.74) is 6.35. The van der Waals surface area contributed by atoms with Crippen LogP contribution in [0.2, 0.25) is 0 Å². The van der Waals surface area contributed by atoms with E-state index in [1.165, 1.54) is 17.3 Å². The highest BCUT2D eigenvalue weighted by Crippen LogP contribution is 2.22. The Kier molecular flexibility index (Phi) is 6.29. The number of hydrogen-bond acceptors (Lipinski definition) is 4. The molecule has 1 heterocycles. The van der Waals surface area contributed by atoms with Crippen LogP contribution in [0, 0.1) is 6.92 Å². The number of benzene rings is 2. The molecule has 0 unspecified atom stereocenters. The molecule has 1 fully saturated rings. The van der Waals surface area contributed by atoms with Gasteiger partial charge in [0.1, 0.15) is 0 Å². The second-order valence-electron chi connectivity index (χ2n) is 6.53. The molecule has 2 aromatic rings. The van der Waals surface area contributed by atoms with E-state index in [-0.39, 0.29) is 11.8 Å². The van der Waals surface area contributed by atoms with E-state index >= 15 is 0 Å². The van der Waals surface area contributed by atoms with Gasteiger partial charge >= 0.3 is 0 Å². The number of aryl methyl sites for hydroxylation is 1. The molecule has 0 saturated carbocycles. The summed E-state index contributed by atoms with van der Waals surface area (Å²) in [6.07, 6.45) is 1.53. The highest BCUT2D eigenvalue weighted by atomic mass is 32.2. The lowest BCUT2D eigenvalue weighted by atomic mass is 10.1. The zero-order chi connectivity index (χ0) is 19.2. The molecule has 0 aromatic heterocycles. The van der Waals surface area contributed by atoms with Crippen LogP contribution in [-0.2, 0) is 9.59 Å². The third kappa shape index (κ3) is 5.20. The number of rotatable bonds is 6. The van der Waals surface area contributed by atoms with Crippen LogP contribution < -0.4 is 10.3 Å². The van der Waals surface area contributed by atoms with Crippen LogP contribution in [0.1, 0.15) is 30.9 Å². The Labute approximate surface area is 163 Å². The maximum Gasteiger partial charge on any atom is 0.250 e. The van der Waals surface area contributed by atoms with Gasteiger partial charge in [0.2, 0.25) is 11.8 Å². The number of nitrogens with one attached hydrogen (secondary N) is 1. The predicted octanol–water partition coefficient (Wildman–Crippen LogP) is 3.75. The van der Waals surface area contributed by atoms with Gasteiger partial charge in [-0.1, -0.05) is 29.8 Å². The number of hydrazone groups is 1. The molecule has 2 amide bonds. The van der Waals surface area contributed by atoms with Crippen LogP contribution in [0.3, 0.4) is 0 Å². The largest absolute Gasteiger partial charge is 0.312 e. The smallest absolute Gasteiger partial charge is 0.250 e. The molecule has 1 N–H and O–H groups in total. The predicted molar refractivity (Wildman–Crippen MR) is 110 cm³/mol. The van der Waals surface area contributed by atoms with Crippen molar-refractivity contribution in [3.8, 4) is 0 Å². The van der Waals surface area contributed by atoms with Gasteiger partial charge in [0, 0.05) is 23.5 Å². The molecule has 0 spiro atoms. The molecule has 1 saturated heterocycles. The minimum absolute atomic E-state index is 0.140. The van der Waals surface area contributed by atoms with Gasteiger partial charge in [-0.15, -0.1) is 11.8 Å². The Morgan fingerprint density at radius 3 is 2.48 bits per heavy atom. The molecule has 1 aliphatic heterocycles. The zero-order valence-corrected chi connectivity index (χ0v) is 16.4. The van der Waals surface area contributed by atoms with Gasteiger partial charge in [-0.05, 0) is 50.1 Å². The summed E-state index contributed by atoms with van der Waals surface area (Å²) in [7, 11) is 0. The van der Waals surface area contributed by atoms with Gasteiger partial charge in [-0.2, -0.15) is 5.10 Å². The van der Waals surface area contributed by atoms with Gasteiger partial charge in [0.15, 0.2) is 0 Å². The summed E-state index contributed by atoms with van der Waals surface area (Å²) < 4.78 is 0. The van der Waals surface area contributed by atoms with Crippen molar-refractivity contribution >= 4 is 35.0 Å². The van der Waals surface area contributed by atoms with Crippen LogP contribution in [0.15, 0.2) is 58.5 Å². The first kappa shape index (κ1) is 19.2. The molecule has 6 heteroatoms. The van der Waals surface area contributed by atoms with Gasteiger partial charge in [0.25, 0.3) is 0 Å². The summed E-state index contributed by atoms with van der Waals surface area (Å²) in [5, 5.41) is 4.19. The molecule has 0 radical (unpaired) electrons. The van der Waals surface area contributed by atoms with Crippen LogP contribution in [0.4, 0.5) is 5.69 Å². The van der Waals surface area contributed by atoms with Crippen molar-refractivity contribution in [1.82, 2.24) is 5.43 Å². The van der Waals surface area contributed by atoms with E-state index in [1.54, 1.807) is 4.90 Å². The number of amides is 2. The van der Waals surface area contributed by atoms with Gasteiger partial charge in [-0.25, -0.2) is 5.43 Å². The minimum Gasteiger partial charge on any atom is -0.312 e. The van der Waals surface area contributed by atoms with Crippen molar-refractivity contribution in [2.24, 2.45) is 5.10 Å². The summed E-state index contributed by atoms with van der Waals surface area (Å²) in [6, 6.07) is 15.8. The average Bonchev–Trinajstić information content (AvgIpc) is 3.11. The van der Waals surface area contributed by atoms with E-state index in [0.717, 1.165) is 34.8 Å². The topological polar surface area (TPSA) is 61.8 Å². The molecule has 1 aliphatic rings. The number of carbonyl (C=O) groups is 2. The van der Waals surface area contributed by atoms with Gasteiger partial charge < -0.3 is 4.90 Å². The number of hydrogen-bond donors (Lipinski definition) is 1. The van der Waals surface area contributed by atoms with E-state index < -0.39 is 0 Å². The maximum atomic E-state index is 12.0. The molecule has 0 aliphatic carbocycles. The van der Waals surface area contributed by atoms with Crippen molar-refractivity contribution in [3.63, 3.8) is 0 Å². The van der Waals surface area contributed by atoms with Crippen molar-refractivity contribution in [3.05, 3.63) is 59.7 Å². The standard InChI is InChI=1S/C21H23N3O2S/c1-15-5-11-19(12-6-15)27-14-20(25)23-22-16(2)17-7-9-18(10-8-17)24-13-3-4-21(24)26/h5-12H,3-4,13-14H2,1-2H3,(H,23,25)/b22-16-. The molecule has 2 aromatic carbocycles. The molecular formula is C21H23N3O2S. The third-order valence-electron chi connectivity index (χ3n) is 4.41. The Morgan fingerprint density at radius 2 is 1.85 bits per heavy atom. The molecule has 0 atom stereocenters. The highest BCUT2D eigenvalue weighted by molar-refractivity contribution is 8.00. The van der Waals surface area contributed by atoms with Crippen molar-refractivity contribution < 1.29 is 9.59 Å². The van der Waals surface area contributed by atoms with Crippen LogP contribution in [0.25, 0.3) is 0 Å². The SMILES string of the molecule is C/C(=N/NC(=O)CSc1ccc(C)cc1)c1ccc(N2CCCC2=O)cc1. The van der Waals surface area contributed by atoms with Crippen molar-refractivity contribution in [1.29, 1.82) is 0 Å². The fourth-order valence-corrected chi connectivity index (χ4v) is 3.52. The van der Waals surface area contributed by atoms with E-state index in [9.17, 15) is 9.59 Å².